The van der Waals surface area contributed by atoms with Crippen LogP contribution in [0, 0.1) is 0 Å². The number of carbonyl (C=O) groups excluding carboxylic acids is 2. The molecule has 2 N–H and O–H groups in total. The summed E-state index contributed by atoms with van der Waals surface area (Å²) >= 11 is 0. The van der Waals surface area contributed by atoms with Crippen molar-refractivity contribution in [1.82, 2.24) is 4.90 Å². The van der Waals surface area contributed by atoms with Crippen LogP contribution in [0.1, 0.15) is 31.1 Å². The highest BCUT2D eigenvalue weighted by atomic mass is 16.5. The second kappa shape index (κ2) is 10.8. The Morgan fingerprint density at radius 2 is 1.55 bits per heavy atom. The van der Waals surface area contributed by atoms with Gasteiger partial charge in [-0.25, -0.2) is 0 Å². The Kier molecular flexibility index (Phi) is 7.89. The van der Waals surface area contributed by atoms with Crippen LogP contribution in [-0.2, 0) is 9.53 Å². The number of rotatable bonds is 8. The Bertz CT molecular complexity index is 857. The molecule has 31 heavy (non-hydrogen) atoms. The second-order valence-corrected chi connectivity index (χ2v) is 7.56. The van der Waals surface area contributed by atoms with Crippen LogP contribution in [0.4, 0.5) is 17.1 Å². The van der Waals surface area contributed by atoms with E-state index in [4.69, 9.17) is 4.74 Å². The molecule has 2 amide bonds. The van der Waals surface area contributed by atoms with E-state index >= 15 is 0 Å². The van der Waals surface area contributed by atoms with Crippen LogP contribution in [0.25, 0.3) is 0 Å². The lowest BCUT2D eigenvalue weighted by molar-refractivity contribution is -0.116. The highest BCUT2D eigenvalue weighted by molar-refractivity contribution is 5.97. The molecular weight excluding hydrogens is 392 g/mol. The molecule has 2 aromatic carbocycles. The first-order valence-electron chi connectivity index (χ1n) is 10.9. The van der Waals surface area contributed by atoms with Gasteiger partial charge >= 0.3 is 0 Å². The summed E-state index contributed by atoms with van der Waals surface area (Å²) in [6.07, 6.45) is 0. The van der Waals surface area contributed by atoms with E-state index < -0.39 is 6.04 Å². The maximum Gasteiger partial charge on any atom is 0.253 e. The number of nitrogens with one attached hydrogen (secondary N) is 2. The minimum atomic E-state index is -0.428. The molecule has 7 heteroatoms. The Balaban J connectivity index is 1.53. The SMILES string of the molecule is CCN(CC)C(=O)c1ccc(NC(C)C(=O)Nc2ccc(N3CCOCC3)cc2)cc1. The molecule has 0 aromatic heterocycles. The van der Waals surface area contributed by atoms with Crippen molar-refractivity contribution in [1.29, 1.82) is 0 Å². The van der Waals surface area contributed by atoms with Gasteiger partial charge < -0.3 is 25.2 Å². The van der Waals surface area contributed by atoms with E-state index in [1.165, 1.54) is 0 Å². The molecule has 0 saturated carbocycles. The Hall–Kier alpha value is -3.06. The largest absolute Gasteiger partial charge is 0.378 e. The monoisotopic (exact) mass is 424 g/mol. The van der Waals surface area contributed by atoms with E-state index in [-0.39, 0.29) is 11.8 Å². The standard InChI is InChI=1S/C24H32N4O3/c1-4-27(5-2)24(30)19-6-8-20(9-7-19)25-18(3)23(29)26-21-10-12-22(13-11-21)28-14-16-31-17-15-28/h6-13,18,25H,4-5,14-17H2,1-3H3,(H,26,29). The molecule has 1 unspecified atom stereocenters. The van der Waals surface area contributed by atoms with Crippen LogP contribution in [0.2, 0.25) is 0 Å². The number of amides is 2. The van der Waals surface area contributed by atoms with Crippen molar-refractivity contribution < 1.29 is 14.3 Å². The first kappa shape index (κ1) is 22.6. The van der Waals surface area contributed by atoms with Crippen molar-refractivity contribution in [2.45, 2.75) is 26.8 Å². The molecule has 166 valence electrons. The van der Waals surface area contributed by atoms with Crippen LogP contribution >= 0.6 is 0 Å². The molecular formula is C24H32N4O3. The molecule has 1 saturated heterocycles. The molecule has 3 rings (SSSR count). The summed E-state index contributed by atoms with van der Waals surface area (Å²) in [5, 5.41) is 6.14. The van der Waals surface area contributed by atoms with Gasteiger partial charge in [-0.1, -0.05) is 0 Å². The zero-order chi connectivity index (χ0) is 22.2. The summed E-state index contributed by atoms with van der Waals surface area (Å²) in [5.74, 6) is -0.106. The Morgan fingerprint density at radius 1 is 0.968 bits per heavy atom. The summed E-state index contributed by atoms with van der Waals surface area (Å²) in [6, 6.07) is 14.7. The Morgan fingerprint density at radius 3 is 2.13 bits per heavy atom. The van der Waals surface area contributed by atoms with E-state index in [0.717, 1.165) is 43.4 Å². The van der Waals surface area contributed by atoms with Crippen molar-refractivity contribution in [2.24, 2.45) is 0 Å². The summed E-state index contributed by atoms with van der Waals surface area (Å²) in [7, 11) is 0. The maximum absolute atomic E-state index is 12.6. The predicted molar refractivity (Wildman–Crippen MR) is 125 cm³/mol. The van der Waals surface area contributed by atoms with Gasteiger partial charge in [0.25, 0.3) is 5.91 Å². The van der Waals surface area contributed by atoms with Gasteiger partial charge in [-0.3, -0.25) is 9.59 Å². The van der Waals surface area contributed by atoms with Gasteiger partial charge in [-0.2, -0.15) is 0 Å². The van der Waals surface area contributed by atoms with Crippen LogP contribution in [0.5, 0.6) is 0 Å². The highest BCUT2D eigenvalue weighted by Gasteiger charge is 2.16. The van der Waals surface area contributed by atoms with Crippen LogP contribution < -0.4 is 15.5 Å². The van der Waals surface area contributed by atoms with E-state index in [1.54, 1.807) is 17.0 Å². The number of anilines is 3. The number of benzene rings is 2. The predicted octanol–water partition coefficient (Wildman–Crippen LogP) is 3.44. The van der Waals surface area contributed by atoms with E-state index in [9.17, 15) is 9.59 Å². The van der Waals surface area contributed by atoms with Gasteiger partial charge in [0.15, 0.2) is 0 Å². The minimum Gasteiger partial charge on any atom is -0.378 e. The highest BCUT2D eigenvalue weighted by Crippen LogP contribution is 2.19. The third-order valence-electron chi connectivity index (χ3n) is 5.47. The van der Waals surface area contributed by atoms with E-state index in [1.807, 2.05) is 57.2 Å². The second-order valence-electron chi connectivity index (χ2n) is 7.56. The summed E-state index contributed by atoms with van der Waals surface area (Å²) < 4.78 is 5.39. The van der Waals surface area contributed by atoms with Crippen LogP contribution in [-0.4, -0.2) is 62.1 Å². The number of carbonyl (C=O) groups is 2. The van der Waals surface area contributed by atoms with Crippen molar-refractivity contribution in [3.05, 3.63) is 54.1 Å². The van der Waals surface area contributed by atoms with Crippen LogP contribution in [0.15, 0.2) is 48.5 Å². The first-order chi connectivity index (χ1) is 15.0. The molecule has 1 aliphatic heterocycles. The average molecular weight is 425 g/mol. The van der Waals surface area contributed by atoms with E-state index in [0.29, 0.717) is 18.7 Å². The molecule has 0 radical (unpaired) electrons. The lowest BCUT2D eigenvalue weighted by Crippen LogP contribution is -2.36. The number of hydrogen-bond donors (Lipinski definition) is 2. The van der Waals surface area contributed by atoms with Crippen molar-refractivity contribution in [3.63, 3.8) is 0 Å². The van der Waals surface area contributed by atoms with Crippen molar-refractivity contribution in [2.75, 3.05) is 54.9 Å². The molecule has 1 aliphatic rings. The molecule has 0 spiro atoms. The van der Waals surface area contributed by atoms with Gasteiger partial charge in [-0.05, 0) is 69.3 Å². The fraction of sp³-hybridized carbons (Fsp3) is 0.417. The van der Waals surface area contributed by atoms with Gasteiger partial charge in [0.05, 0.1) is 13.2 Å². The molecule has 2 aromatic rings. The van der Waals surface area contributed by atoms with Gasteiger partial charge in [0.2, 0.25) is 5.91 Å². The molecule has 7 nitrogen and oxygen atoms in total. The van der Waals surface area contributed by atoms with Crippen molar-refractivity contribution >= 4 is 28.9 Å². The van der Waals surface area contributed by atoms with Gasteiger partial charge in [0.1, 0.15) is 6.04 Å². The third-order valence-corrected chi connectivity index (χ3v) is 5.47. The Labute approximate surface area is 184 Å². The minimum absolute atomic E-state index is 0.0165. The summed E-state index contributed by atoms with van der Waals surface area (Å²) in [6.45, 7) is 10.4. The summed E-state index contributed by atoms with van der Waals surface area (Å²) in [4.78, 5) is 29.0. The van der Waals surface area contributed by atoms with E-state index in [2.05, 4.69) is 15.5 Å². The fourth-order valence-electron chi connectivity index (χ4n) is 3.55. The van der Waals surface area contributed by atoms with Gasteiger partial charge in [-0.15, -0.1) is 0 Å². The quantitative estimate of drug-likeness (QED) is 0.679. The number of ether oxygens (including phenoxy) is 1. The normalized spacial score (nSPS) is 14.6. The fourth-order valence-corrected chi connectivity index (χ4v) is 3.55. The van der Waals surface area contributed by atoms with Crippen LogP contribution in [0.3, 0.4) is 0 Å². The van der Waals surface area contributed by atoms with Crippen molar-refractivity contribution in [3.8, 4) is 0 Å². The molecule has 1 atom stereocenters. The lowest BCUT2D eigenvalue weighted by atomic mass is 10.1. The number of hydrogen-bond acceptors (Lipinski definition) is 5. The average Bonchev–Trinajstić information content (AvgIpc) is 2.81. The molecule has 1 fully saturated rings. The molecule has 0 aliphatic carbocycles. The smallest absolute Gasteiger partial charge is 0.253 e. The third kappa shape index (κ3) is 5.98. The zero-order valence-corrected chi connectivity index (χ0v) is 18.6. The topological polar surface area (TPSA) is 73.9 Å². The maximum atomic E-state index is 12.6. The number of nitrogens with zero attached hydrogens (tertiary/aromatic N) is 2. The zero-order valence-electron chi connectivity index (χ0n) is 18.6. The lowest BCUT2D eigenvalue weighted by Gasteiger charge is -2.29. The molecule has 1 heterocycles. The number of morpholine rings is 1. The summed E-state index contributed by atoms with van der Waals surface area (Å²) in [5.41, 5.74) is 3.33. The first-order valence-corrected chi connectivity index (χ1v) is 10.9. The van der Waals surface area contributed by atoms with Gasteiger partial charge in [0, 0.05) is 48.8 Å². The molecule has 0 bridgehead atoms.